The fourth-order valence-corrected chi connectivity index (χ4v) is 4.27. The first-order valence-corrected chi connectivity index (χ1v) is 9.97. The predicted octanol–water partition coefficient (Wildman–Crippen LogP) is 3.44. The molecule has 4 heterocycles. The number of anilines is 2. The molecule has 8 nitrogen and oxygen atoms in total. The maximum Gasteiger partial charge on any atom is 0.338 e. The number of pyridine rings is 2. The fraction of sp³-hybridized carbons (Fsp3) is 0.158. The van der Waals surface area contributed by atoms with Crippen molar-refractivity contribution in [1.29, 1.82) is 0 Å². The van der Waals surface area contributed by atoms with E-state index < -0.39 is 24.1 Å². The number of aromatic nitrogens is 2. The number of primary amides is 1. The molecule has 1 amide bonds. The third-order valence-corrected chi connectivity index (χ3v) is 5.61. The lowest BCUT2D eigenvalue weighted by atomic mass is 10.0. The molecule has 4 N–H and O–H groups in total. The summed E-state index contributed by atoms with van der Waals surface area (Å²) < 4.78 is 0. The number of amides is 1. The van der Waals surface area contributed by atoms with Crippen LogP contribution in [0.2, 0.25) is 5.15 Å². The van der Waals surface area contributed by atoms with Gasteiger partial charge in [-0.3, -0.25) is 4.79 Å². The van der Waals surface area contributed by atoms with E-state index in [2.05, 4.69) is 15.3 Å². The van der Waals surface area contributed by atoms with Gasteiger partial charge in [0.2, 0.25) is 5.91 Å². The summed E-state index contributed by atoms with van der Waals surface area (Å²) in [5.74, 6) is -1.19. The molecule has 0 spiro atoms. The summed E-state index contributed by atoms with van der Waals surface area (Å²) in [6.07, 6.45) is 2.54. The molecule has 3 aromatic rings. The van der Waals surface area contributed by atoms with Crippen LogP contribution in [0.1, 0.15) is 40.1 Å². The molecular formula is C19H16ClN5O3S. The van der Waals surface area contributed by atoms with Crippen LogP contribution in [-0.4, -0.2) is 27.0 Å². The van der Waals surface area contributed by atoms with Gasteiger partial charge in [-0.15, -0.1) is 0 Å². The van der Waals surface area contributed by atoms with Crippen molar-refractivity contribution >= 4 is 46.3 Å². The van der Waals surface area contributed by atoms with Gasteiger partial charge in [-0.1, -0.05) is 17.7 Å². The fourth-order valence-electron chi connectivity index (χ4n) is 3.48. The van der Waals surface area contributed by atoms with Crippen molar-refractivity contribution in [3.63, 3.8) is 0 Å². The van der Waals surface area contributed by atoms with Crippen molar-refractivity contribution in [2.24, 2.45) is 5.73 Å². The molecule has 0 saturated heterocycles. The summed E-state index contributed by atoms with van der Waals surface area (Å²) in [7, 11) is 0. The molecule has 0 fully saturated rings. The first-order valence-electron chi connectivity index (χ1n) is 8.64. The summed E-state index contributed by atoms with van der Waals surface area (Å²) in [5, 5.41) is 17.2. The smallest absolute Gasteiger partial charge is 0.338 e. The number of hydrogen-bond acceptors (Lipinski definition) is 7. The van der Waals surface area contributed by atoms with Gasteiger partial charge >= 0.3 is 5.97 Å². The molecule has 3 aromatic heterocycles. The van der Waals surface area contributed by atoms with E-state index in [9.17, 15) is 14.7 Å². The van der Waals surface area contributed by atoms with Crippen LogP contribution in [0.5, 0.6) is 0 Å². The first-order chi connectivity index (χ1) is 14.0. The number of carbonyl (C=O) groups is 2. The monoisotopic (exact) mass is 429 g/mol. The molecule has 148 valence electrons. The molecule has 0 saturated carbocycles. The number of fused-ring (bicyclic) bond motifs is 1. The van der Waals surface area contributed by atoms with E-state index in [4.69, 9.17) is 17.3 Å². The molecule has 0 aliphatic carbocycles. The molecule has 1 aliphatic rings. The van der Waals surface area contributed by atoms with Gasteiger partial charge in [0.05, 0.1) is 23.7 Å². The molecule has 2 atom stereocenters. The van der Waals surface area contributed by atoms with Crippen LogP contribution in [0.3, 0.4) is 0 Å². The minimum atomic E-state index is -1.09. The third-order valence-electron chi connectivity index (χ3n) is 4.69. The first kappa shape index (κ1) is 19.2. The highest BCUT2D eigenvalue weighted by molar-refractivity contribution is 7.08. The maximum atomic E-state index is 11.9. The predicted molar refractivity (Wildman–Crippen MR) is 110 cm³/mol. The van der Waals surface area contributed by atoms with Crippen LogP contribution in [-0.2, 0) is 4.79 Å². The number of carboxylic acid groups (broad SMARTS) is 1. The highest BCUT2D eigenvalue weighted by atomic mass is 35.5. The van der Waals surface area contributed by atoms with E-state index in [1.54, 1.807) is 18.3 Å². The maximum absolute atomic E-state index is 11.9. The van der Waals surface area contributed by atoms with Crippen molar-refractivity contribution in [2.45, 2.75) is 18.6 Å². The SMILES string of the molecule is NC(=O)CC(c1ccc(Cl)nc1)N1c2c(C(=O)O)ccnc2NC1c1ccsc1. The Balaban J connectivity index is 1.91. The number of aromatic carboxylic acids is 1. The van der Waals surface area contributed by atoms with E-state index in [1.165, 1.54) is 23.6 Å². The lowest BCUT2D eigenvalue weighted by molar-refractivity contribution is -0.118. The van der Waals surface area contributed by atoms with Crippen LogP contribution >= 0.6 is 22.9 Å². The second kappa shape index (κ2) is 7.69. The van der Waals surface area contributed by atoms with Gasteiger partial charge in [0, 0.05) is 18.0 Å². The van der Waals surface area contributed by atoms with Gasteiger partial charge < -0.3 is 21.1 Å². The molecule has 4 rings (SSSR count). The third kappa shape index (κ3) is 3.62. The highest BCUT2D eigenvalue weighted by Crippen LogP contribution is 2.48. The van der Waals surface area contributed by atoms with Crippen molar-refractivity contribution in [3.8, 4) is 0 Å². The van der Waals surface area contributed by atoms with Crippen LogP contribution in [0, 0.1) is 0 Å². The Morgan fingerprint density at radius 1 is 1.31 bits per heavy atom. The summed E-state index contributed by atoms with van der Waals surface area (Å²) in [5.41, 5.74) is 7.63. The van der Waals surface area contributed by atoms with Gasteiger partial charge in [-0.25, -0.2) is 14.8 Å². The Morgan fingerprint density at radius 3 is 2.76 bits per heavy atom. The molecule has 0 aromatic carbocycles. The van der Waals surface area contributed by atoms with E-state index in [0.717, 1.165) is 5.56 Å². The topological polar surface area (TPSA) is 121 Å². The van der Waals surface area contributed by atoms with Gasteiger partial charge in [0.25, 0.3) is 0 Å². The van der Waals surface area contributed by atoms with Crippen molar-refractivity contribution < 1.29 is 14.7 Å². The van der Waals surface area contributed by atoms with Crippen molar-refractivity contribution in [2.75, 3.05) is 10.2 Å². The van der Waals surface area contributed by atoms with Crippen LogP contribution in [0.25, 0.3) is 0 Å². The zero-order valence-electron chi connectivity index (χ0n) is 14.9. The van der Waals surface area contributed by atoms with Gasteiger partial charge in [-0.2, -0.15) is 11.3 Å². The minimum Gasteiger partial charge on any atom is -0.478 e. The molecule has 0 bridgehead atoms. The van der Waals surface area contributed by atoms with Crippen LogP contribution in [0.4, 0.5) is 11.5 Å². The van der Waals surface area contributed by atoms with E-state index >= 15 is 0 Å². The number of hydrogen-bond donors (Lipinski definition) is 3. The second-order valence-electron chi connectivity index (χ2n) is 6.47. The van der Waals surface area contributed by atoms with Gasteiger partial charge in [0.1, 0.15) is 11.3 Å². The van der Waals surface area contributed by atoms with E-state index in [0.29, 0.717) is 22.2 Å². The van der Waals surface area contributed by atoms with E-state index in [-0.39, 0.29) is 12.0 Å². The summed E-state index contributed by atoms with van der Waals surface area (Å²) in [6.45, 7) is 0. The van der Waals surface area contributed by atoms with Crippen LogP contribution < -0.4 is 16.0 Å². The number of carboxylic acids is 1. The number of rotatable bonds is 6. The lowest BCUT2D eigenvalue weighted by Crippen LogP contribution is -2.35. The number of nitrogens with zero attached hydrogens (tertiary/aromatic N) is 3. The standard InChI is InChI=1S/C19H16ClN5O3S/c20-14-2-1-10(8-23-14)13(7-15(21)26)25-16-12(19(27)28)3-5-22-17(16)24-18(25)11-4-6-29-9-11/h1-6,8-9,13,18H,7H2,(H2,21,26)(H,22,24)(H,27,28). The van der Waals surface area contributed by atoms with E-state index in [1.807, 2.05) is 21.7 Å². The second-order valence-corrected chi connectivity index (χ2v) is 7.64. The highest BCUT2D eigenvalue weighted by Gasteiger charge is 2.40. The Labute approximate surface area is 175 Å². The Kier molecular flexibility index (Phi) is 5.08. The molecule has 10 heteroatoms. The number of carbonyl (C=O) groups excluding carboxylic acids is 1. The number of halogens is 1. The average molecular weight is 430 g/mol. The number of nitrogens with two attached hydrogens (primary N) is 1. The Hall–Kier alpha value is -3.17. The molecule has 1 aliphatic heterocycles. The lowest BCUT2D eigenvalue weighted by Gasteiger charge is -2.34. The van der Waals surface area contributed by atoms with Gasteiger partial charge in [-0.05, 0) is 34.5 Å². The average Bonchev–Trinajstić information content (AvgIpc) is 3.34. The van der Waals surface area contributed by atoms with Gasteiger partial charge in [0.15, 0.2) is 5.82 Å². The minimum absolute atomic E-state index is 0.0426. The number of thiophene rings is 1. The Bertz CT molecular complexity index is 1060. The molecular weight excluding hydrogens is 414 g/mol. The van der Waals surface area contributed by atoms with Crippen molar-refractivity contribution in [1.82, 2.24) is 9.97 Å². The zero-order valence-corrected chi connectivity index (χ0v) is 16.5. The van der Waals surface area contributed by atoms with Crippen LogP contribution in [0.15, 0.2) is 47.4 Å². The molecule has 29 heavy (non-hydrogen) atoms. The molecule has 2 unspecified atom stereocenters. The molecule has 0 radical (unpaired) electrons. The normalized spacial score (nSPS) is 16.2. The zero-order chi connectivity index (χ0) is 20.5. The number of nitrogens with one attached hydrogen (secondary N) is 1. The Morgan fingerprint density at radius 2 is 2.14 bits per heavy atom. The summed E-state index contributed by atoms with van der Waals surface area (Å²) >= 11 is 7.44. The largest absolute Gasteiger partial charge is 0.478 e. The van der Waals surface area contributed by atoms with Crippen molar-refractivity contribution in [3.05, 3.63) is 69.3 Å². The summed E-state index contributed by atoms with van der Waals surface area (Å²) in [4.78, 5) is 34.1. The quantitative estimate of drug-likeness (QED) is 0.513. The summed E-state index contributed by atoms with van der Waals surface area (Å²) in [6, 6.07) is 6.17.